The van der Waals surface area contributed by atoms with Gasteiger partial charge in [0.2, 0.25) is 5.91 Å². The third kappa shape index (κ3) is 4.57. The standard InChI is InChI=1S/C18H28N2O3S/c1-18(2)12-20(9-7-16(18)19)17(21)8-10-24-13-5-6-14(22-3)15(11-13)23-4/h5-6,11,16H,7-10,12,19H2,1-4H3. The van der Waals surface area contributed by atoms with Gasteiger partial charge in [0.15, 0.2) is 11.5 Å². The van der Waals surface area contributed by atoms with Gasteiger partial charge in [-0.05, 0) is 30.0 Å². The molecule has 0 spiro atoms. The molecule has 1 unspecified atom stereocenters. The van der Waals surface area contributed by atoms with E-state index in [1.54, 1.807) is 26.0 Å². The predicted octanol–water partition coefficient (Wildman–Crippen LogP) is 2.77. The first-order chi connectivity index (χ1) is 11.4. The molecule has 0 aliphatic carbocycles. The van der Waals surface area contributed by atoms with E-state index in [1.807, 2.05) is 23.1 Å². The Morgan fingerprint density at radius 2 is 2.04 bits per heavy atom. The second kappa shape index (κ2) is 8.12. The quantitative estimate of drug-likeness (QED) is 0.798. The van der Waals surface area contributed by atoms with Crippen LogP contribution < -0.4 is 15.2 Å². The van der Waals surface area contributed by atoms with Crippen molar-refractivity contribution in [3.05, 3.63) is 18.2 Å². The maximum Gasteiger partial charge on any atom is 0.223 e. The lowest BCUT2D eigenvalue weighted by atomic mass is 9.79. The molecule has 0 aromatic heterocycles. The van der Waals surface area contributed by atoms with E-state index >= 15 is 0 Å². The third-order valence-corrected chi connectivity index (χ3v) is 5.60. The molecule has 24 heavy (non-hydrogen) atoms. The lowest BCUT2D eigenvalue weighted by Crippen LogP contribution is -2.54. The van der Waals surface area contributed by atoms with E-state index in [4.69, 9.17) is 15.2 Å². The maximum absolute atomic E-state index is 12.4. The van der Waals surface area contributed by atoms with Crippen molar-refractivity contribution in [1.29, 1.82) is 0 Å². The van der Waals surface area contributed by atoms with Gasteiger partial charge < -0.3 is 20.1 Å². The van der Waals surface area contributed by atoms with E-state index in [0.29, 0.717) is 17.9 Å². The Bertz CT molecular complexity index is 577. The first-order valence-electron chi connectivity index (χ1n) is 8.25. The summed E-state index contributed by atoms with van der Waals surface area (Å²) >= 11 is 1.65. The normalized spacial score (nSPS) is 19.9. The number of benzene rings is 1. The largest absolute Gasteiger partial charge is 0.493 e. The van der Waals surface area contributed by atoms with E-state index in [2.05, 4.69) is 13.8 Å². The molecular weight excluding hydrogens is 324 g/mol. The molecule has 6 heteroatoms. The molecule has 1 amide bonds. The minimum absolute atomic E-state index is 0.00952. The van der Waals surface area contributed by atoms with Gasteiger partial charge in [0.1, 0.15) is 0 Å². The molecule has 0 bridgehead atoms. The molecule has 1 aromatic rings. The van der Waals surface area contributed by atoms with Crippen LogP contribution in [-0.4, -0.2) is 49.9 Å². The zero-order valence-electron chi connectivity index (χ0n) is 15.0. The lowest BCUT2D eigenvalue weighted by molar-refractivity contribution is -0.134. The van der Waals surface area contributed by atoms with Crippen LogP contribution in [0.1, 0.15) is 26.7 Å². The number of ether oxygens (including phenoxy) is 2. The highest BCUT2D eigenvalue weighted by atomic mass is 32.2. The summed E-state index contributed by atoms with van der Waals surface area (Å²) in [6.45, 7) is 5.78. The Hall–Kier alpha value is -1.40. The first kappa shape index (κ1) is 18.9. The molecule has 2 rings (SSSR count). The fourth-order valence-corrected chi connectivity index (χ4v) is 3.77. The highest BCUT2D eigenvalue weighted by molar-refractivity contribution is 7.99. The number of likely N-dealkylation sites (tertiary alicyclic amines) is 1. The van der Waals surface area contributed by atoms with Crippen molar-refractivity contribution >= 4 is 17.7 Å². The summed E-state index contributed by atoms with van der Waals surface area (Å²) in [5, 5.41) is 0. The Morgan fingerprint density at radius 3 is 2.67 bits per heavy atom. The Balaban J connectivity index is 1.85. The summed E-state index contributed by atoms with van der Waals surface area (Å²) in [4.78, 5) is 15.5. The highest BCUT2D eigenvalue weighted by Gasteiger charge is 2.34. The van der Waals surface area contributed by atoms with Crippen LogP contribution in [0.2, 0.25) is 0 Å². The number of nitrogens with zero attached hydrogens (tertiary/aromatic N) is 1. The van der Waals surface area contributed by atoms with Gasteiger partial charge in [-0.1, -0.05) is 13.8 Å². The molecule has 1 aliphatic heterocycles. The second-order valence-electron chi connectivity index (χ2n) is 6.81. The number of rotatable bonds is 6. The summed E-state index contributed by atoms with van der Waals surface area (Å²) in [6.07, 6.45) is 1.41. The van der Waals surface area contributed by atoms with Crippen LogP contribution in [0.15, 0.2) is 23.1 Å². The van der Waals surface area contributed by atoms with E-state index < -0.39 is 0 Å². The van der Waals surface area contributed by atoms with Crippen LogP contribution in [0.4, 0.5) is 0 Å². The number of methoxy groups -OCH3 is 2. The Kier molecular flexibility index (Phi) is 6.40. The molecule has 1 saturated heterocycles. The molecular formula is C18H28N2O3S. The van der Waals surface area contributed by atoms with Gasteiger partial charge >= 0.3 is 0 Å². The average Bonchev–Trinajstić information content (AvgIpc) is 2.56. The first-order valence-corrected chi connectivity index (χ1v) is 9.24. The fourth-order valence-electron chi connectivity index (χ4n) is 2.91. The molecule has 0 saturated carbocycles. The summed E-state index contributed by atoms with van der Waals surface area (Å²) in [5.41, 5.74) is 6.13. The van der Waals surface area contributed by atoms with Crippen LogP contribution in [0.3, 0.4) is 0 Å². The lowest BCUT2D eigenvalue weighted by Gasteiger charge is -2.42. The van der Waals surface area contributed by atoms with Gasteiger partial charge in [-0.3, -0.25) is 4.79 Å². The summed E-state index contributed by atoms with van der Waals surface area (Å²) in [6, 6.07) is 5.98. The zero-order chi connectivity index (χ0) is 17.7. The number of carbonyl (C=O) groups is 1. The van der Waals surface area contributed by atoms with E-state index in [0.717, 1.165) is 30.2 Å². The van der Waals surface area contributed by atoms with Crippen molar-refractivity contribution < 1.29 is 14.3 Å². The number of nitrogens with two attached hydrogens (primary N) is 1. The number of piperidine rings is 1. The van der Waals surface area contributed by atoms with Crippen LogP contribution in [0.25, 0.3) is 0 Å². The Morgan fingerprint density at radius 1 is 1.33 bits per heavy atom. The van der Waals surface area contributed by atoms with Crippen LogP contribution in [0, 0.1) is 5.41 Å². The molecule has 1 aromatic carbocycles. The van der Waals surface area contributed by atoms with Gasteiger partial charge in [0.05, 0.1) is 14.2 Å². The van der Waals surface area contributed by atoms with Crippen LogP contribution >= 0.6 is 11.8 Å². The van der Waals surface area contributed by atoms with Crippen molar-refractivity contribution in [2.45, 2.75) is 37.6 Å². The SMILES string of the molecule is COc1ccc(SCCC(=O)N2CCC(N)C(C)(C)C2)cc1OC. The van der Waals surface area contributed by atoms with Gasteiger partial charge in [-0.15, -0.1) is 11.8 Å². The number of hydrogen-bond donors (Lipinski definition) is 1. The molecule has 5 nitrogen and oxygen atoms in total. The number of thioether (sulfide) groups is 1. The number of hydrogen-bond acceptors (Lipinski definition) is 5. The van der Waals surface area contributed by atoms with Gasteiger partial charge in [-0.2, -0.15) is 0 Å². The average molecular weight is 353 g/mol. The minimum atomic E-state index is -0.00952. The molecule has 0 radical (unpaired) electrons. The monoisotopic (exact) mass is 352 g/mol. The van der Waals surface area contributed by atoms with Gasteiger partial charge in [0, 0.05) is 36.2 Å². The molecule has 1 atom stereocenters. The molecule has 1 heterocycles. The zero-order valence-corrected chi connectivity index (χ0v) is 15.8. The maximum atomic E-state index is 12.4. The van der Waals surface area contributed by atoms with Crippen LogP contribution in [0.5, 0.6) is 11.5 Å². The van der Waals surface area contributed by atoms with Crippen molar-refractivity contribution in [1.82, 2.24) is 4.90 Å². The smallest absolute Gasteiger partial charge is 0.223 e. The van der Waals surface area contributed by atoms with Crippen molar-refractivity contribution in [3.63, 3.8) is 0 Å². The topological polar surface area (TPSA) is 64.8 Å². The number of carbonyl (C=O) groups excluding carboxylic acids is 1. The van der Waals surface area contributed by atoms with Crippen molar-refractivity contribution in [2.24, 2.45) is 11.1 Å². The molecule has 134 valence electrons. The summed E-state index contributed by atoms with van der Waals surface area (Å²) in [5.74, 6) is 2.38. The van der Waals surface area contributed by atoms with Gasteiger partial charge in [-0.25, -0.2) is 0 Å². The van der Waals surface area contributed by atoms with Crippen LogP contribution in [-0.2, 0) is 4.79 Å². The van der Waals surface area contributed by atoms with E-state index in [9.17, 15) is 4.79 Å². The highest BCUT2D eigenvalue weighted by Crippen LogP contribution is 2.32. The van der Waals surface area contributed by atoms with Crippen molar-refractivity contribution in [3.8, 4) is 11.5 Å². The third-order valence-electron chi connectivity index (χ3n) is 4.60. The number of amides is 1. The summed E-state index contributed by atoms with van der Waals surface area (Å²) in [7, 11) is 3.24. The molecule has 1 fully saturated rings. The molecule has 2 N–H and O–H groups in total. The second-order valence-corrected chi connectivity index (χ2v) is 7.98. The Labute approximate surface area is 148 Å². The van der Waals surface area contributed by atoms with Gasteiger partial charge in [0.25, 0.3) is 0 Å². The van der Waals surface area contributed by atoms with Crippen molar-refractivity contribution in [2.75, 3.05) is 33.1 Å². The predicted molar refractivity (Wildman–Crippen MR) is 97.8 cm³/mol. The summed E-state index contributed by atoms with van der Waals surface area (Å²) < 4.78 is 10.5. The minimum Gasteiger partial charge on any atom is -0.493 e. The molecule has 1 aliphatic rings. The van der Waals surface area contributed by atoms with E-state index in [1.165, 1.54) is 0 Å². The fraction of sp³-hybridized carbons (Fsp3) is 0.611. The van der Waals surface area contributed by atoms with E-state index in [-0.39, 0.29) is 17.4 Å².